The quantitative estimate of drug-likeness (QED) is 0.829. The number of carbonyl (C=O) groups is 1. The third kappa shape index (κ3) is 3.84. The lowest BCUT2D eigenvalue weighted by Crippen LogP contribution is -2.13. The van der Waals surface area contributed by atoms with Crippen LogP contribution in [0.3, 0.4) is 0 Å². The number of rotatable bonds is 2. The van der Waals surface area contributed by atoms with Crippen molar-refractivity contribution in [2.75, 3.05) is 11.9 Å². The summed E-state index contributed by atoms with van der Waals surface area (Å²) in [5.74, 6) is 3.34. The van der Waals surface area contributed by atoms with Crippen LogP contribution in [0.2, 0.25) is 0 Å². The number of halogens is 2. The Kier molecular flexibility index (Phi) is 4.59. The van der Waals surface area contributed by atoms with Crippen LogP contribution in [0.15, 0.2) is 36.7 Å². The number of nitrogens with zero attached hydrogens (tertiary/aromatic N) is 1. The van der Waals surface area contributed by atoms with Gasteiger partial charge in [0.15, 0.2) is 0 Å². The molecule has 0 radical (unpaired) electrons. The van der Waals surface area contributed by atoms with Gasteiger partial charge in [-0.2, -0.15) is 0 Å². The van der Waals surface area contributed by atoms with Crippen molar-refractivity contribution < 1.29 is 13.6 Å². The fourth-order valence-electron chi connectivity index (χ4n) is 1.58. The van der Waals surface area contributed by atoms with Crippen LogP contribution in [0.4, 0.5) is 14.5 Å². The molecule has 0 aliphatic heterocycles. The molecular weight excluding hydrogens is 276 g/mol. The highest BCUT2D eigenvalue weighted by molar-refractivity contribution is 6.04. The first kappa shape index (κ1) is 14.6. The molecule has 0 fully saturated rings. The largest absolute Gasteiger partial charge is 0.320 e. The minimum atomic E-state index is -0.651. The van der Waals surface area contributed by atoms with Gasteiger partial charge in [-0.25, -0.2) is 8.78 Å². The zero-order valence-corrected chi connectivity index (χ0v) is 10.9. The minimum Gasteiger partial charge on any atom is -0.320 e. The first-order chi connectivity index (χ1) is 10.1. The second-order valence-corrected chi connectivity index (χ2v) is 4.05. The van der Waals surface area contributed by atoms with Gasteiger partial charge in [0, 0.05) is 11.8 Å². The molecule has 3 N–H and O–H groups in total. The fourth-order valence-corrected chi connectivity index (χ4v) is 1.58. The van der Waals surface area contributed by atoms with E-state index in [9.17, 15) is 13.6 Å². The highest BCUT2D eigenvalue weighted by Crippen LogP contribution is 2.16. The first-order valence-electron chi connectivity index (χ1n) is 6.00. The van der Waals surface area contributed by atoms with Crippen molar-refractivity contribution in [2.24, 2.45) is 5.73 Å². The minimum absolute atomic E-state index is 0.00130. The standard InChI is InChI=1S/C15H11F2N3O/c16-12-7-11(8-19-9-12)15(21)20-14-4-3-10(2-1-5-18)6-13(14)17/h3-4,6-9H,5,18H2,(H,20,21). The Labute approximate surface area is 120 Å². The topological polar surface area (TPSA) is 68.0 Å². The number of nitrogens with one attached hydrogen (secondary N) is 1. The van der Waals surface area contributed by atoms with Crippen molar-refractivity contribution in [2.45, 2.75) is 0 Å². The first-order valence-corrected chi connectivity index (χ1v) is 6.00. The number of amides is 1. The molecule has 1 aromatic heterocycles. The maximum absolute atomic E-state index is 13.8. The van der Waals surface area contributed by atoms with Gasteiger partial charge in [-0.1, -0.05) is 11.8 Å². The van der Waals surface area contributed by atoms with Crippen LogP contribution in [0, 0.1) is 23.5 Å². The number of benzene rings is 1. The van der Waals surface area contributed by atoms with Crippen LogP contribution in [0.5, 0.6) is 0 Å². The van der Waals surface area contributed by atoms with Gasteiger partial charge in [0.2, 0.25) is 0 Å². The van der Waals surface area contributed by atoms with E-state index >= 15 is 0 Å². The molecule has 4 nitrogen and oxygen atoms in total. The second-order valence-electron chi connectivity index (χ2n) is 4.05. The summed E-state index contributed by atoms with van der Waals surface area (Å²) < 4.78 is 26.8. The van der Waals surface area contributed by atoms with E-state index in [0.29, 0.717) is 5.56 Å². The highest BCUT2D eigenvalue weighted by atomic mass is 19.1. The summed E-state index contributed by atoms with van der Waals surface area (Å²) in [6, 6.07) is 5.12. The summed E-state index contributed by atoms with van der Waals surface area (Å²) in [5, 5.41) is 2.34. The molecule has 0 saturated carbocycles. The van der Waals surface area contributed by atoms with Crippen LogP contribution in [-0.4, -0.2) is 17.4 Å². The van der Waals surface area contributed by atoms with Crippen molar-refractivity contribution in [1.29, 1.82) is 0 Å². The molecular formula is C15H11F2N3O. The number of carbonyl (C=O) groups excluding carboxylic acids is 1. The van der Waals surface area contributed by atoms with Gasteiger partial charge >= 0.3 is 0 Å². The molecule has 1 amide bonds. The second kappa shape index (κ2) is 6.59. The molecule has 21 heavy (non-hydrogen) atoms. The fraction of sp³-hybridized carbons (Fsp3) is 0.0667. The molecule has 0 bridgehead atoms. The maximum atomic E-state index is 13.8. The summed E-state index contributed by atoms with van der Waals surface area (Å²) in [6.07, 6.45) is 2.17. The van der Waals surface area contributed by atoms with E-state index in [2.05, 4.69) is 22.1 Å². The molecule has 0 unspecified atom stereocenters. The molecule has 2 aromatic rings. The Morgan fingerprint density at radius 2 is 2.10 bits per heavy atom. The number of hydrogen-bond donors (Lipinski definition) is 2. The smallest absolute Gasteiger partial charge is 0.257 e. The lowest BCUT2D eigenvalue weighted by Gasteiger charge is -2.06. The summed E-state index contributed by atoms with van der Waals surface area (Å²) in [4.78, 5) is 15.4. The van der Waals surface area contributed by atoms with Gasteiger partial charge in [-0.05, 0) is 24.3 Å². The summed E-state index contributed by atoms with van der Waals surface area (Å²) >= 11 is 0. The van der Waals surface area contributed by atoms with Gasteiger partial charge in [-0.15, -0.1) is 0 Å². The van der Waals surface area contributed by atoms with Gasteiger partial charge in [0.1, 0.15) is 11.6 Å². The predicted octanol–water partition coefficient (Wildman–Crippen LogP) is 1.92. The van der Waals surface area contributed by atoms with Crippen LogP contribution >= 0.6 is 0 Å². The third-order valence-corrected chi connectivity index (χ3v) is 2.52. The van der Waals surface area contributed by atoms with Crippen molar-refractivity contribution in [3.05, 3.63) is 59.4 Å². The molecule has 0 aliphatic carbocycles. The average Bonchev–Trinajstić information content (AvgIpc) is 2.47. The van der Waals surface area contributed by atoms with Gasteiger partial charge in [0.25, 0.3) is 5.91 Å². The molecule has 0 saturated heterocycles. The third-order valence-electron chi connectivity index (χ3n) is 2.52. The van der Waals surface area contributed by atoms with Crippen molar-refractivity contribution in [3.8, 4) is 11.8 Å². The zero-order valence-electron chi connectivity index (χ0n) is 10.9. The van der Waals surface area contributed by atoms with E-state index in [1.165, 1.54) is 18.3 Å². The molecule has 6 heteroatoms. The lowest BCUT2D eigenvalue weighted by molar-refractivity contribution is 0.102. The monoisotopic (exact) mass is 287 g/mol. The van der Waals surface area contributed by atoms with Crippen molar-refractivity contribution in [1.82, 2.24) is 4.98 Å². The Hall–Kier alpha value is -2.78. The van der Waals surface area contributed by atoms with E-state index in [1.54, 1.807) is 6.07 Å². The molecule has 1 heterocycles. The molecule has 2 rings (SSSR count). The molecule has 106 valence electrons. The van der Waals surface area contributed by atoms with E-state index < -0.39 is 17.5 Å². The number of nitrogens with two attached hydrogens (primary N) is 1. The lowest BCUT2D eigenvalue weighted by atomic mass is 10.2. The van der Waals surface area contributed by atoms with Gasteiger partial charge in [-0.3, -0.25) is 9.78 Å². The molecule has 0 aliphatic rings. The number of pyridine rings is 1. The van der Waals surface area contributed by atoms with E-state index in [0.717, 1.165) is 12.3 Å². The van der Waals surface area contributed by atoms with Crippen LogP contribution in [0.25, 0.3) is 0 Å². The Bertz CT molecular complexity index is 735. The Balaban J connectivity index is 2.18. The highest BCUT2D eigenvalue weighted by Gasteiger charge is 2.10. The number of anilines is 1. The number of hydrogen-bond acceptors (Lipinski definition) is 3. The average molecular weight is 287 g/mol. The zero-order chi connectivity index (χ0) is 15.2. The van der Waals surface area contributed by atoms with E-state index in [1.807, 2.05) is 0 Å². The normalized spacial score (nSPS) is 9.67. The molecule has 1 aromatic carbocycles. The van der Waals surface area contributed by atoms with E-state index in [-0.39, 0.29) is 17.8 Å². The molecule has 0 atom stereocenters. The van der Waals surface area contributed by atoms with Crippen molar-refractivity contribution >= 4 is 11.6 Å². The summed E-state index contributed by atoms with van der Waals surface area (Å²) in [7, 11) is 0. The van der Waals surface area contributed by atoms with Gasteiger partial charge < -0.3 is 11.1 Å². The Morgan fingerprint density at radius 3 is 2.76 bits per heavy atom. The van der Waals surface area contributed by atoms with E-state index in [4.69, 9.17) is 5.73 Å². The number of aromatic nitrogens is 1. The van der Waals surface area contributed by atoms with Crippen LogP contribution < -0.4 is 11.1 Å². The molecule has 0 spiro atoms. The van der Waals surface area contributed by atoms with Crippen LogP contribution in [0.1, 0.15) is 15.9 Å². The van der Waals surface area contributed by atoms with Crippen LogP contribution in [-0.2, 0) is 0 Å². The SMILES string of the molecule is NCC#Cc1ccc(NC(=O)c2cncc(F)c2)c(F)c1. The maximum Gasteiger partial charge on any atom is 0.257 e. The van der Waals surface area contributed by atoms with Crippen molar-refractivity contribution in [3.63, 3.8) is 0 Å². The summed E-state index contributed by atoms with van der Waals surface area (Å²) in [6.45, 7) is 0.173. The summed E-state index contributed by atoms with van der Waals surface area (Å²) in [5.41, 5.74) is 5.65. The predicted molar refractivity (Wildman–Crippen MR) is 74.5 cm³/mol. The van der Waals surface area contributed by atoms with Gasteiger partial charge in [0.05, 0.1) is 24.0 Å². The Morgan fingerprint density at radius 1 is 1.29 bits per heavy atom.